The largest absolute Gasteiger partial charge is 0.497 e. The molecule has 0 aliphatic rings. The molecule has 0 unspecified atom stereocenters. The number of methoxy groups -OCH3 is 1. The van der Waals surface area contributed by atoms with E-state index in [9.17, 15) is 4.79 Å². The number of nitrogens with zero attached hydrogens (tertiary/aromatic N) is 3. The molecule has 1 heterocycles. The Morgan fingerprint density at radius 2 is 1.88 bits per heavy atom. The predicted molar refractivity (Wildman–Crippen MR) is 93.2 cm³/mol. The van der Waals surface area contributed by atoms with Gasteiger partial charge >= 0.3 is 0 Å². The number of carbonyl (C=O) groups excluding carboxylic acids is 1. The summed E-state index contributed by atoms with van der Waals surface area (Å²) in [5.74, 6) is 1.19. The van der Waals surface area contributed by atoms with Gasteiger partial charge in [-0.3, -0.25) is 4.79 Å². The molecular weight excluding hydrogens is 306 g/mol. The molecule has 7 nitrogen and oxygen atoms in total. The van der Waals surface area contributed by atoms with Crippen LogP contribution < -0.4 is 15.4 Å². The molecule has 1 aromatic heterocycles. The summed E-state index contributed by atoms with van der Waals surface area (Å²) in [5.41, 5.74) is 1.28. The molecule has 0 aliphatic heterocycles. The predicted octanol–water partition coefficient (Wildman–Crippen LogP) is 1.39. The van der Waals surface area contributed by atoms with E-state index in [1.165, 1.54) is 0 Å². The fourth-order valence-electron chi connectivity index (χ4n) is 1.97. The average molecular weight is 329 g/mol. The van der Waals surface area contributed by atoms with Gasteiger partial charge in [-0.1, -0.05) is 12.1 Å². The lowest BCUT2D eigenvalue weighted by molar-refractivity contribution is 0.0945. The number of rotatable bonds is 8. The van der Waals surface area contributed by atoms with Crippen molar-refractivity contribution in [1.82, 2.24) is 20.4 Å². The number of anilines is 1. The lowest BCUT2D eigenvalue weighted by Crippen LogP contribution is -2.24. The molecule has 0 radical (unpaired) electrons. The van der Waals surface area contributed by atoms with E-state index in [1.54, 1.807) is 19.2 Å². The number of nitrogens with one attached hydrogen (secondary N) is 2. The molecule has 2 rings (SSSR count). The zero-order valence-electron chi connectivity index (χ0n) is 14.2. The number of hydrogen-bond donors (Lipinski definition) is 2. The third-order valence-electron chi connectivity index (χ3n) is 3.37. The van der Waals surface area contributed by atoms with Crippen LogP contribution >= 0.6 is 0 Å². The first kappa shape index (κ1) is 17.7. The first-order valence-corrected chi connectivity index (χ1v) is 7.72. The molecule has 0 fully saturated rings. The Bertz CT molecular complexity index is 641. The molecule has 1 aromatic carbocycles. The van der Waals surface area contributed by atoms with Crippen molar-refractivity contribution in [1.29, 1.82) is 0 Å². The second kappa shape index (κ2) is 8.83. The van der Waals surface area contributed by atoms with Crippen molar-refractivity contribution in [2.75, 3.05) is 39.6 Å². The normalized spacial score (nSPS) is 10.5. The maximum atomic E-state index is 12.1. The molecule has 0 aliphatic carbocycles. The minimum Gasteiger partial charge on any atom is -0.497 e. The molecule has 7 heteroatoms. The molecule has 2 aromatic rings. The van der Waals surface area contributed by atoms with Crippen molar-refractivity contribution in [3.8, 4) is 5.75 Å². The molecule has 128 valence electrons. The van der Waals surface area contributed by atoms with E-state index in [-0.39, 0.29) is 5.91 Å². The first-order valence-electron chi connectivity index (χ1n) is 7.72. The second-order valence-corrected chi connectivity index (χ2v) is 5.56. The third-order valence-corrected chi connectivity index (χ3v) is 3.37. The summed E-state index contributed by atoms with van der Waals surface area (Å²) in [4.78, 5) is 14.2. The number of likely N-dealkylation sites (N-methyl/N-ethyl adjacent to an activating group) is 1. The molecule has 0 spiro atoms. The second-order valence-electron chi connectivity index (χ2n) is 5.56. The van der Waals surface area contributed by atoms with Gasteiger partial charge in [0.25, 0.3) is 5.91 Å². The van der Waals surface area contributed by atoms with E-state index in [4.69, 9.17) is 4.74 Å². The molecule has 0 saturated heterocycles. The van der Waals surface area contributed by atoms with Crippen LogP contribution in [0.5, 0.6) is 5.75 Å². The molecule has 0 bridgehead atoms. The number of hydrogen-bond acceptors (Lipinski definition) is 6. The van der Waals surface area contributed by atoms with Gasteiger partial charge in [0, 0.05) is 19.6 Å². The van der Waals surface area contributed by atoms with Crippen molar-refractivity contribution >= 4 is 11.7 Å². The van der Waals surface area contributed by atoms with Crippen molar-refractivity contribution in [2.45, 2.75) is 6.54 Å². The fourth-order valence-corrected chi connectivity index (χ4v) is 1.97. The van der Waals surface area contributed by atoms with Crippen LogP contribution in [0.1, 0.15) is 16.1 Å². The SMILES string of the molecule is COc1ccc(CNC(=O)c2ccc(NCCN(C)C)nn2)cc1. The Kier molecular flexibility index (Phi) is 6.51. The van der Waals surface area contributed by atoms with E-state index in [2.05, 4.69) is 25.7 Å². The smallest absolute Gasteiger partial charge is 0.272 e. The topological polar surface area (TPSA) is 79.4 Å². The van der Waals surface area contributed by atoms with Gasteiger partial charge in [-0.2, -0.15) is 0 Å². The highest BCUT2D eigenvalue weighted by atomic mass is 16.5. The van der Waals surface area contributed by atoms with Crippen LogP contribution in [-0.2, 0) is 6.54 Å². The number of amides is 1. The minimum atomic E-state index is -0.252. The van der Waals surface area contributed by atoms with Crippen LogP contribution in [0.25, 0.3) is 0 Å². The average Bonchev–Trinajstić information content (AvgIpc) is 2.60. The van der Waals surface area contributed by atoms with Crippen LogP contribution in [-0.4, -0.2) is 55.3 Å². The van der Waals surface area contributed by atoms with E-state index < -0.39 is 0 Å². The number of ether oxygens (including phenoxy) is 1. The zero-order chi connectivity index (χ0) is 17.4. The highest BCUT2D eigenvalue weighted by Crippen LogP contribution is 2.11. The summed E-state index contributed by atoms with van der Waals surface area (Å²) >= 11 is 0. The highest BCUT2D eigenvalue weighted by molar-refractivity contribution is 5.92. The van der Waals surface area contributed by atoms with Gasteiger partial charge in [0.15, 0.2) is 5.69 Å². The van der Waals surface area contributed by atoms with E-state index in [0.29, 0.717) is 18.1 Å². The number of carbonyl (C=O) groups is 1. The quantitative estimate of drug-likeness (QED) is 0.762. The molecular formula is C17H23N5O2. The van der Waals surface area contributed by atoms with E-state index in [0.717, 1.165) is 24.4 Å². The van der Waals surface area contributed by atoms with Crippen LogP contribution in [0.2, 0.25) is 0 Å². The Morgan fingerprint density at radius 1 is 1.12 bits per heavy atom. The Hall–Kier alpha value is -2.67. The number of benzene rings is 1. The van der Waals surface area contributed by atoms with Crippen LogP contribution in [0, 0.1) is 0 Å². The monoisotopic (exact) mass is 329 g/mol. The van der Waals surface area contributed by atoms with Crippen LogP contribution in [0.15, 0.2) is 36.4 Å². The van der Waals surface area contributed by atoms with Gasteiger partial charge < -0.3 is 20.3 Å². The Labute approximate surface area is 142 Å². The Morgan fingerprint density at radius 3 is 2.46 bits per heavy atom. The first-order chi connectivity index (χ1) is 11.6. The van der Waals surface area contributed by atoms with Crippen LogP contribution in [0.4, 0.5) is 5.82 Å². The standard InChI is InChI=1S/C17H23N5O2/c1-22(2)11-10-18-16-9-8-15(20-21-16)17(23)19-12-13-4-6-14(24-3)7-5-13/h4-9H,10-12H2,1-3H3,(H,18,21)(H,19,23). The lowest BCUT2D eigenvalue weighted by Gasteiger charge is -2.10. The van der Waals surface area contributed by atoms with E-state index in [1.807, 2.05) is 38.4 Å². The van der Waals surface area contributed by atoms with E-state index >= 15 is 0 Å². The van der Waals surface area contributed by atoms with Gasteiger partial charge in [-0.25, -0.2) is 0 Å². The maximum absolute atomic E-state index is 12.1. The van der Waals surface area contributed by atoms with Crippen molar-refractivity contribution in [3.63, 3.8) is 0 Å². The third kappa shape index (κ3) is 5.51. The van der Waals surface area contributed by atoms with Gasteiger partial charge in [-0.05, 0) is 43.9 Å². The van der Waals surface area contributed by atoms with Gasteiger partial charge in [-0.15, -0.1) is 10.2 Å². The van der Waals surface area contributed by atoms with Crippen molar-refractivity contribution < 1.29 is 9.53 Å². The van der Waals surface area contributed by atoms with Crippen molar-refractivity contribution in [3.05, 3.63) is 47.7 Å². The summed E-state index contributed by atoms with van der Waals surface area (Å²) < 4.78 is 5.10. The molecule has 24 heavy (non-hydrogen) atoms. The molecule has 2 N–H and O–H groups in total. The minimum absolute atomic E-state index is 0.252. The van der Waals surface area contributed by atoms with Crippen LogP contribution in [0.3, 0.4) is 0 Å². The summed E-state index contributed by atoms with van der Waals surface area (Å²) in [6, 6.07) is 10.9. The van der Waals surface area contributed by atoms with Gasteiger partial charge in [0.2, 0.25) is 0 Å². The summed E-state index contributed by atoms with van der Waals surface area (Å²) in [7, 11) is 5.63. The molecule has 1 amide bonds. The van der Waals surface area contributed by atoms with Gasteiger partial charge in [0.05, 0.1) is 7.11 Å². The fraction of sp³-hybridized carbons (Fsp3) is 0.353. The Balaban J connectivity index is 1.83. The summed E-state index contributed by atoms with van der Waals surface area (Å²) in [6.45, 7) is 2.09. The summed E-state index contributed by atoms with van der Waals surface area (Å²) in [5, 5.41) is 13.9. The highest BCUT2D eigenvalue weighted by Gasteiger charge is 2.08. The molecule has 0 saturated carbocycles. The van der Waals surface area contributed by atoms with Gasteiger partial charge in [0.1, 0.15) is 11.6 Å². The maximum Gasteiger partial charge on any atom is 0.272 e. The van der Waals surface area contributed by atoms with Crippen molar-refractivity contribution in [2.24, 2.45) is 0 Å². The lowest BCUT2D eigenvalue weighted by atomic mass is 10.2. The zero-order valence-corrected chi connectivity index (χ0v) is 14.2. The number of aromatic nitrogens is 2. The summed E-state index contributed by atoms with van der Waals surface area (Å²) in [6.07, 6.45) is 0. The molecule has 0 atom stereocenters.